The van der Waals surface area contributed by atoms with E-state index in [1.54, 1.807) is 6.08 Å². The average Bonchev–Trinajstić information content (AvgIpc) is 3.16. The van der Waals surface area contributed by atoms with Gasteiger partial charge in [0, 0.05) is 26.4 Å². The minimum absolute atomic E-state index is 0.108. The number of nitrogens with zero attached hydrogens (tertiary/aromatic N) is 2. The third kappa shape index (κ3) is 3.18. The Hall–Kier alpha value is -2.25. The molecule has 2 aliphatic heterocycles. The van der Waals surface area contributed by atoms with E-state index in [1.807, 2.05) is 43.3 Å². The lowest BCUT2D eigenvalue weighted by Crippen LogP contribution is -2.40. The van der Waals surface area contributed by atoms with Crippen molar-refractivity contribution in [3.63, 3.8) is 0 Å². The fourth-order valence-corrected chi connectivity index (χ4v) is 3.00. The number of anilines is 1. The lowest BCUT2D eigenvalue weighted by Gasteiger charge is -2.19. The number of carbonyl (C=O) groups excluding carboxylic acids is 2. The van der Waals surface area contributed by atoms with Crippen LogP contribution in [0, 0.1) is 0 Å². The number of rotatable bonds is 3. The monoisotopic (exact) mass is 345 g/mol. The molecule has 1 N–H and O–H groups in total. The molecule has 0 spiro atoms. The number of nitrogens with one attached hydrogen (secondary N) is 1. The summed E-state index contributed by atoms with van der Waals surface area (Å²) in [5, 5.41) is 2.64. The second-order valence-corrected chi connectivity index (χ2v) is 6.34. The predicted molar refractivity (Wildman–Crippen MR) is 95.3 cm³/mol. The van der Waals surface area contributed by atoms with Crippen LogP contribution in [-0.4, -0.2) is 48.6 Å². The van der Waals surface area contributed by atoms with Crippen LogP contribution in [0.4, 0.5) is 5.69 Å². The minimum atomic E-state index is -0.532. The lowest BCUT2D eigenvalue weighted by molar-refractivity contribution is -0.135. The molecule has 0 unspecified atom stereocenters. The first-order chi connectivity index (χ1) is 11.5. The number of ether oxygens (including phenoxy) is 1. The van der Waals surface area contributed by atoms with Crippen molar-refractivity contribution in [3.8, 4) is 0 Å². The predicted octanol–water partition coefficient (Wildman–Crippen LogP) is 1.52. The summed E-state index contributed by atoms with van der Waals surface area (Å²) in [5.41, 5.74) is 2.11. The Labute approximate surface area is 146 Å². The van der Waals surface area contributed by atoms with E-state index >= 15 is 0 Å². The number of benzene rings is 1. The van der Waals surface area contributed by atoms with Gasteiger partial charge in [-0.25, -0.2) is 4.90 Å². The van der Waals surface area contributed by atoms with Gasteiger partial charge in [0.15, 0.2) is 5.11 Å². The van der Waals surface area contributed by atoms with Crippen molar-refractivity contribution in [2.75, 3.05) is 25.6 Å². The maximum Gasteiger partial charge on any atom is 0.274 e. The number of hydrogen-bond acceptors (Lipinski definition) is 5. The summed E-state index contributed by atoms with van der Waals surface area (Å²) in [6.45, 7) is 0.559. The first kappa shape index (κ1) is 16.6. The molecule has 3 rings (SSSR count). The van der Waals surface area contributed by atoms with Crippen molar-refractivity contribution >= 4 is 40.9 Å². The molecule has 0 aromatic heterocycles. The van der Waals surface area contributed by atoms with Crippen molar-refractivity contribution in [1.29, 1.82) is 0 Å². The third-order valence-corrected chi connectivity index (χ3v) is 4.32. The van der Waals surface area contributed by atoms with Gasteiger partial charge in [-0.15, -0.1) is 0 Å². The van der Waals surface area contributed by atoms with E-state index in [0.717, 1.165) is 17.7 Å². The number of amides is 2. The minimum Gasteiger partial charge on any atom is -0.378 e. The SMILES string of the molecule is CN(C)c1ccc(/C=C2\C(=O)NC(=S)N2C(=O)[C@@H]2CCCO2)cc1. The maximum absolute atomic E-state index is 12.6. The Bertz CT molecular complexity index is 706. The van der Waals surface area contributed by atoms with Gasteiger partial charge in [0.25, 0.3) is 11.8 Å². The molecular formula is C17H19N3O3S. The normalized spacial score (nSPS) is 22.2. The molecule has 24 heavy (non-hydrogen) atoms. The van der Waals surface area contributed by atoms with E-state index in [9.17, 15) is 9.59 Å². The van der Waals surface area contributed by atoms with Gasteiger partial charge in [0.05, 0.1) is 0 Å². The van der Waals surface area contributed by atoms with E-state index in [4.69, 9.17) is 17.0 Å². The summed E-state index contributed by atoms with van der Waals surface area (Å²) in [6.07, 6.45) is 2.62. The van der Waals surface area contributed by atoms with Crippen LogP contribution in [0.3, 0.4) is 0 Å². The first-order valence-electron chi connectivity index (χ1n) is 7.77. The molecular weight excluding hydrogens is 326 g/mol. The Morgan fingerprint density at radius 3 is 2.67 bits per heavy atom. The molecule has 2 aliphatic rings. The first-order valence-corrected chi connectivity index (χ1v) is 8.18. The molecule has 0 radical (unpaired) electrons. The molecule has 2 saturated heterocycles. The van der Waals surface area contributed by atoms with Crippen molar-refractivity contribution in [2.24, 2.45) is 0 Å². The molecule has 6 nitrogen and oxygen atoms in total. The van der Waals surface area contributed by atoms with E-state index < -0.39 is 6.10 Å². The van der Waals surface area contributed by atoms with Gasteiger partial charge in [-0.2, -0.15) is 0 Å². The fraction of sp³-hybridized carbons (Fsp3) is 0.353. The van der Waals surface area contributed by atoms with E-state index in [0.29, 0.717) is 13.0 Å². The van der Waals surface area contributed by atoms with Crippen LogP contribution in [0.5, 0.6) is 0 Å². The van der Waals surface area contributed by atoms with Gasteiger partial charge in [-0.1, -0.05) is 12.1 Å². The Morgan fingerprint density at radius 2 is 2.08 bits per heavy atom. The highest BCUT2D eigenvalue weighted by atomic mass is 32.1. The zero-order valence-electron chi connectivity index (χ0n) is 13.6. The van der Waals surface area contributed by atoms with Crippen molar-refractivity contribution in [2.45, 2.75) is 18.9 Å². The van der Waals surface area contributed by atoms with E-state index in [-0.39, 0.29) is 22.6 Å². The fourth-order valence-electron chi connectivity index (χ4n) is 2.72. The van der Waals surface area contributed by atoms with E-state index in [1.165, 1.54) is 4.90 Å². The third-order valence-electron chi connectivity index (χ3n) is 4.04. The van der Waals surface area contributed by atoms with Gasteiger partial charge in [0.2, 0.25) is 0 Å². The lowest BCUT2D eigenvalue weighted by atomic mass is 10.1. The molecule has 1 aromatic rings. The van der Waals surface area contributed by atoms with Crippen molar-refractivity contribution < 1.29 is 14.3 Å². The van der Waals surface area contributed by atoms with Gasteiger partial charge in [-0.05, 0) is 48.8 Å². The van der Waals surface area contributed by atoms with Gasteiger partial charge < -0.3 is 9.64 Å². The average molecular weight is 345 g/mol. The summed E-state index contributed by atoms with van der Waals surface area (Å²) in [5.74, 6) is -0.657. The van der Waals surface area contributed by atoms with Crippen molar-refractivity contribution in [1.82, 2.24) is 10.2 Å². The van der Waals surface area contributed by atoms with Crippen LogP contribution < -0.4 is 10.2 Å². The molecule has 0 aliphatic carbocycles. The van der Waals surface area contributed by atoms with Crippen LogP contribution in [0.25, 0.3) is 6.08 Å². The van der Waals surface area contributed by atoms with Crippen LogP contribution in [0.15, 0.2) is 30.0 Å². The molecule has 2 heterocycles. The van der Waals surface area contributed by atoms with E-state index in [2.05, 4.69) is 5.32 Å². The summed E-state index contributed by atoms with van der Waals surface area (Å²) >= 11 is 5.15. The highest BCUT2D eigenvalue weighted by Crippen LogP contribution is 2.23. The largest absolute Gasteiger partial charge is 0.378 e. The summed E-state index contributed by atoms with van der Waals surface area (Å²) in [7, 11) is 3.91. The van der Waals surface area contributed by atoms with Gasteiger partial charge >= 0.3 is 0 Å². The topological polar surface area (TPSA) is 61.9 Å². The zero-order valence-corrected chi connectivity index (χ0v) is 14.4. The molecule has 126 valence electrons. The second kappa shape index (κ2) is 6.70. The van der Waals surface area contributed by atoms with Crippen LogP contribution in [0.2, 0.25) is 0 Å². The van der Waals surface area contributed by atoms with Crippen LogP contribution in [0.1, 0.15) is 18.4 Å². The van der Waals surface area contributed by atoms with Gasteiger partial charge in [-0.3, -0.25) is 14.9 Å². The Morgan fingerprint density at radius 1 is 1.38 bits per heavy atom. The highest BCUT2D eigenvalue weighted by Gasteiger charge is 2.39. The van der Waals surface area contributed by atoms with Crippen LogP contribution in [-0.2, 0) is 14.3 Å². The Balaban J connectivity index is 1.89. The molecule has 0 bridgehead atoms. The molecule has 2 fully saturated rings. The molecule has 2 amide bonds. The molecule has 1 atom stereocenters. The molecule has 1 aromatic carbocycles. The molecule has 7 heteroatoms. The number of carbonyl (C=O) groups is 2. The second-order valence-electron chi connectivity index (χ2n) is 5.95. The number of hydrogen-bond donors (Lipinski definition) is 1. The van der Waals surface area contributed by atoms with Crippen molar-refractivity contribution in [3.05, 3.63) is 35.5 Å². The zero-order chi connectivity index (χ0) is 17.3. The molecule has 0 saturated carbocycles. The Kier molecular flexibility index (Phi) is 4.64. The summed E-state index contributed by atoms with van der Waals surface area (Å²) < 4.78 is 5.43. The summed E-state index contributed by atoms with van der Waals surface area (Å²) in [4.78, 5) is 28.1. The highest BCUT2D eigenvalue weighted by molar-refractivity contribution is 7.80. The quantitative estimate of drug-likeness (QED) is 0.665. The smallest absolute Gasteiger partial charge is 0.274 e. The van der Waals surface area contributed by atoms with Crippen LogP contribution >= 0.6 is 12.2 Å². The van der Waals surface area contributed by atoms with Gasteiger partial charge in [0.1, 0.15) is 11.8 Å². The maximum atomic E-state index is 12.6. The number of thiocarbonyl (C=S) groups is 1. The standard InChI is InChI=1S/C17H19N3O3S/c1-19(2)12-7-5-11(6-8-12)10-13-15(21)18-17(24)20(13)16(22)14-4-3-9-23-14/h5-8,10,14H,3-4,9H2,1-2H3,(H,18,21,24)/b13-10+/t14-/m0/s1. The summed E-state index contributed by atoms with van der Waals surface area (Å²) in [6, 6.07) is 7.69.